The van der Waals surface area contributed by atoms with Gasteiger partial charge in [0, 0.05) is 13.7 Å². The third-order valence-corrected chi connectivity index (χ3v) is 1.15. The molecule has 0 saturated heterocycles. The van der Waals surface area contributed by atoms with Crippen molar-refractivity contribution >= 4 is 0 Å². The van der Waals surface area contributed by atoms with Gasteiger partial charge in [-0.15, -0.1) is 0 Å². The van der Waals surface area contributed by atoms with Crippen molar-refractivity contribution in [2.24, 2.45) is 5.92 Å². The van der Waals surface area contributed by atoms with Crippen LogP contribution in [0, 0.1) is 5.92 Å². The van der Waals surface area contributed by atoms with Gasteiger partial charge in [-0.05, 0) is 5.92 Å². The summed E-state index contributed by atoms with van der Waals surface area (Å²) in [6.45, 7) is 5.25. The highest BCUT2D eigenvalue weighted by atomic mass is 16.5. The van der Waals surface area contributed by atoms with E-state index in [-0.39, 0.29) is 0 Å². The molecule has 0 saturated carbocycles. The van der Waals surface area contributed by atoms with E-state index in [4.69, 9.17) is 4.74 Å². The molecule has 0 amide bonds. The number of hydrogen-bond donors (Lipinski definition) is 0. The van der Waals surface area contributed by atoms with Crippen molar-refractivity contribution in [2.75, 3.05) is 13.7 Å². The van der Waals surface area contributed by atoms with E-state index < -0.39 is 0 Å². The first-order chi connectivity index (χ1) is 3.31. The summed E-state index contributed by atoms with van der Waals surface area (Å²) >= 11 is 0. The second-order valence-electron chi connectivity index (χ2n) is 1.97. The van der Waals surface area contributed by atoms with E-state index in [1.54, 1.807) is 7.11 Å². The van der Waals surface area contributed by atoms with Crippen LogP contribution in [-0.2, 0) is 4.74 Å². The number of hydrogen-bond acceptors (Lipinski definition) is 1. The second kappa shape index (κ2) is 4.13. The van der Waals surface area contributed by atoms with Gasteiger partial charge in [0.25, 0.3) is 0 Å². The standard InChI is InChI=1S/C6H14O/c1-4-6(2)5-7-3/h6H,4-5H2,1-3H3/t6-/m0/s1. The maximum Gasteiger partial charge on any atom is 0.0487 e. The van der Waals surface area contributed by atoms with Crippen molar-refractivity contribution in [1.29, 1.82) is 0 Å². The molecule has 1 nitrogen and oxygen atoms in total. The van der Waals surface area contributed by atoms with E-state index in [1.165, 1.54) is 6.42 Å². The lowest BCUT2D eigenvalue weighted by Crippen LogP contribution is -2.00. The number of methoxy groups -OCH3 is 1. The molecule has 0 bridgehead atoms. The van der Waals surface area contributed by atoms with Gasteiger partial charge in [-0.3, -0.25) is 0 Å². The van der Waals surface area contributed by atoms with E-state index >= 15 is 0 Å². The van der Waals surface area contributed by atoms with Crippen LogP contribution in [0.5, 0.6) is 0 Å². The van der Waals surface area contributed by atoms with Crippen LogP contribution < -0.4 is 0 Å². The minimum Gasteiger partial charge on any atom is -0.384 e. The van der Waals surface area contributed by atoms with Crippen molar-refractivity contribution in [2.45, 2.75) is 20.3 Å². The highest BCUT2D eigenvalue weighted by Crippen LogP contribution is 1.98. The zero-order valence-electron chi connectivity index (χ0n) is 5.40. The molecule has 0 aromatic carbocycles. The van der Waals surface area contributed by atoms with Gasteiger partial charge in [0.05, 0.1) is 0 Å². The van der Waals surface area contributed by atoms with Crippen molar-refractivity contribution in [3.63, 3.8) is 0 Å². The average Bonchev–Trinajstić information content (AvgIpc) is 1.68. The summed E-state index contributed by atoms with van der Waals surface area (Å²) in [7, 11) is 1.74. The Morgan fingerprint density at radius 3 is 2.29 bits per heavy atom. The summed E-state index contributed by atoms with van der Waals surface area (Å²) in [4.78, 5) is 0. The predicted molar refractivity (Wildman–Crippen MR) is 31.3 cm³/mol. The summed E-state index contributed by atoms with van der Waals surface area (Å²) in [5.41, 5.74) is 0. The molecule has 0 N–H and O–H groups in total. The number of rotatable bonds is 3. The SMILES string of the molecule is CC[C@H](C)COC. The zero-order valence-corrected chi connectivity index (χ0v) is 5.40. The van der Waals surface area contributed by atoms with E-state index in [2.05, 4.69) is 13.8 Å². The largest absolute Gasteiger partial charge is 0.384 e. The van der Waals surface area contributed by atoms with Gasteiger partial charge in [-0.1, -0.05) is 20.3 Å². The lowest BCUT2D eigenvalue weighted by molar-refractivity contribution is 0.158. The van der Waals surface area contributed by atoms with Crippen LogP contribution in [0.4, 0.5) is 0 Å². The predicted octanol–water partition coefficient (Wildman–Crippen LogP) is 1.68. The lowest BCUT2D eigenvalue weighted by Gasteiger charge is -2.03. The Morgan fingerprint density at radius 2 is 2.14 bits per heavy atom. The fourth-order valence-corrected chi connectivity index (χ4v) is 0.402. The molecule has 0 radical (unpaired) electrons. The molecule has 0 rings (SSSR count). The van der Waals surface area contributed by atoms with Crippen LogP contribution in [0.2, 0.25) is 0 Å². The first kappa shape index (κ1) is 6.96. The van der Waals surface area contributed by atoms with Gasteiger partial charge >= 0.3 is 0 Å². The Morgan fingerprint density at radius 1 is 1.57 bits per heavy atom. The van der Waals surface area contributed by atoms with Crippen molar-refractivity contribution in [3.8, 4) is 0 Å². The first-order valence-corrected chi connectivity index (χ1v) is 2.80. The average molecular weight is 102 g/mol. The molecule has 0 heterocycles. The minimum absolute atomic E-state index is 0.727. The summed E-state index contributed by atoms with van der Waals surface area (Å²) in [6, 6.07) is 0. The van der Waals surface area contributed by atoms with Gasteiger partial charge in [-0.2, -0.15) is 0 Å². The van der Waals surface area contributed by atoms with Crippen LogP contribution in [-0.4, -0.2) is 13.7 Å². The summed E-state index contributed by atoms with van der Waals surface area (Å²) in [5, 5.41) is 0. The van der Waals surface area contributed by atoms with Crippen molar-refractivity contribution in [1.82, 2.24) is 0 Å². The van der Waals surface area contributed by atoms with Gasteiger partial charge in [0.2, 0.25) is 0 Å². The molecule has 0 aromatic rings. The summed E-state index contributed by atoms with van der Waals surface area (Å²) in [6.07, 6.45) is 1.22. The molecule has 1 atom stereocenters. The Labute approximate surface area is 45.7 Å². The van der Waals surface area contributed by atoms with Crippen molar-refractivity contribution < 1.29 is 4.74 Å². The number of ether oxygens (including phenoxy) is 1. The molecule has 0 aliphatic heterocycles. The third kappa shape index (κ3) is 3.80. The quantitative estimate of drug-likeness (QED) is 0.526. The first-order valence-electron chi connectivity index (χ1n) is 2.80. The van der Waals surface area contributed by atoms with E-state index in [1.807, 2.05) is 0 Å². The van der Waals surface area contributed by atoms with Crippen molar-refractivity contribution in [3.05, 3.63) is 0 Å². The molecule has 7 heavy (non-hydrogen) atoms. The molecule has 44 valence electrons. The van der Waals surface area contributed by atoms with E-state index in [9.17, 15) is 0 Å². The topological polar surface area (TPSA) is 9.23 Å². The molecular weight excluding hydrogens is 88.1 g/mol. The zero-order chi connectivity index (χ0) is 5.70. The molecular formula is C6H14O. The second-order valence-corrected chi connectivity index (χ2v) is 1.97. The fraction of sp³-hybridized carbons (Fsp3) is 1.00. The van der Waals surface area contributed by atoms with Gasteiger partial charge in [-0.25, -0.2) is 0 Å². The van der Waals surface area contributed by atoms with Gasteiger partial charge in [0.1, 0.15) is 0 Å². The maximum absolute atomic E-state index is 4.89. The molecule has 1 heteroatoms. The molecule has 0 fully saturated rings. The Bertz CT molecular complexity index is 35.2. The van der Waals surface area contributed by atoms with Crippen LogP contribution >= 0.6 is 0 Å². The monoisotopic (exact) mass is 102 g/mol. The Kier molecular flexibility index (Phi) is 4.10. The summed E-state index contributed by atoms with van der Waals surface area (Å²) in [5.74, 6) is 0.727. The molecule has 0 spiro atoms. The summed E-state index contributed by atoms with van der Waals surface area (Å²) < 4.78 is 4.89. The third-order valence-electron chi connectivity index (χ3n) is 1.15. The van der Waals surface area contributed by atoms with Crippen LogP contribution in [0.3, 0.4) is 0 Å². The van der Waals surface area contributed by atoms with Crippen LogP contribution in [0.1, 0.15) is 20.3 Å². The van der Waals surface area contributed by atoms with E-state index in [0.717, 1.165) is 12.5 Å². The van der Waals surface area contributed by atoms with E-state index in [0.29, 0.717) is 0 Å². The minimum atomic E-state index is 0.727. The maximum atomic E-state index is 4.89. The van der Waals surface area contributed by atoms with Gasteiger partial charge < -0.3 is 4.74 Å². The Hall–Kier alpha value is -0.0400. The molecule has 0 aliphatic rings. The van der Waals surface area contributed by atoms with Gasteiger partial charge in [0.15, 0.2) is 0 Å². The smallest absolute Gasteiger partial charge is 0.0487 e. The lowest BCUT2D eigenvalue weighted by atomic mass is 10.1. The molecule has 0 aromatic heterocycles. The highest BCUT2D eigenvalue weighted by Gasteiger charge is 1.93. The normalized spacial score (nSPS) is 14.1. The fourth-order valence-electron chi connectivity index (χ4n) is 0.402. The van der Waals surface area contributed by atoms with Crippen LogP contribution in [0.25, 0.3) is 0 Å². The molecule has 0 unspecified atom stereocenters. The highest BCUT2D eigenvalue weighted by molar-refractivity contribution is 4.43. The van der Waals surface area contributed by atoms with Crippen LogP contribution in [0.15, 0.2) is 0 Å². The Balaban J connectivity index is 2.83. The molecule has 0 aliphatic carbocycles.